The lowest BCUT2D eigenvalue weighted by Gasteiger charge is -2.36. The minimum Gasteiger partial charge on any atom is -0.354 e. The van der Waals surface area contributed by atoms with Crippen LogP contribution in [0.25, 0.3) is 11.2 Å². The van der Waals surface area contributed by atoms with E-state index < -0.39 is 0 Å². The van der Waals surface area contributed by atoms with Crippen LogP contribution in [0.4, 0.5) is 11.8 Å². The Labute approximate surface area is 120 Å². The van der Waals surface area contributed by atoms with Crippen molar-refractivity contribution in [1.82, 2.24) is 19.9 Å². The maximum absolute atomic E-state index is 4.63. The monoisotopic (exact) mass is 276 g/mol. The minimum absolute atomic E-state index is 0.157. The highest BCUT2D eigenvalue weighted by Crippen LogP contribution is 2.29. The second kappa shape index (κ2) is 5.26. The van der Waals surface area contributed by atoms with Crippen molar-refractivity contribution in [2.24, 2.45) is 5.41 Å². The molecule has 0 aromatic carbocycles. The quantitative estimate of drug-likeness (QED) is 0.898. The van der Waals surface area contributed by atoms with Crippen molar-refractivity contribution in [1.29, 1.82) is 0 Å². The fourth-order valence-electron chi connectivity index (χ4n) is 2.07. The highest BCUT2D eigenvalue weighted by atomic mass is 15.3. The van der Waals surface area contributed by atoms with Crippen molar-refractivity contribution >= 4 is 22.9 Å². The average molecular weight is 276 g/mol. The number of H-pyrrole nitrogens is 1. The Morgan fingerprint density at radius 3 is 2.65 bits per heavy atom. The summed E-state index contributed by atoms with van der Waals surface area (Å²) in [6.45, 7) is 11.7. The van der Waals surface area contributed by atoms with Crippen LogP contribution in [0.3, 0.4) is 0 Å². The van der Waals surface area contributed by atoms with E-state index in [4.69, 9.17) is 0 Å². The maximum atomic E-state index is 4.63. The number of aromatic amines is 1. The summed E-state index contributed by atoms with van der Waals surface area (Å²) >= 11 is 0. The predicted octanol–water partition coefficient (Wildman–Crippen LogP) is 2.66. The Hall–Kier alpha value is -1.85. The van der Waals surface area contributed by atoms with Crippen molar-refractivity contribution < 1.29 is 0 Å². The van der Waals surface area contributed by atoms with Crippen LogP contribution in [0, 0.1) is 5.41 Å². The minimum atomic E-state index is 0.157. The zero-order chi connectivity index (χ0) is 14.9. The van der Waals surface area contributed by atoms with Gasteiger partial charge in [-0.2, -0.15) is 9.97 Å². The molecule has 1 atom stereocenters. The van der Waals surface area contributed by atoms with Crippen LogP contribution < -0.4 is 10.2 Å². The lowest BCUT2D eigenvalue weighted by molar-refractivity contribution is 0.329. The summed E-state index contributed by atoms with van der Waals surface area (Å²) in [5, 5.41) is 3.16. The Morgan fingerprint density at radius 2 is 2.05 bits per heavy atom. The van der Waals surface area contributed by atoms with Gasteiger partial charge in [0.15, 0.2) is 11.5 Å². The fourth-order valence-corrected chi connectivity index (χ4v) is 2.07. The molecule has 0 aliphatic carbocycles. The van der Waals surface area contributed by atoms with Crippen LogP contribution in [0.1, 0.15) is 34.6 Å². The molecule has 0 saturated heterocycles. The number of nitrogens with zero attached hydrogens (tertiary/aromatic N) is 4. The Balaban J connectivity index is 2.48. The van der Waals surface area contributed by atoms with Crippen molar-refractivity contribution in [3.63, 3.8) is 0 Å². The third-order valence-electron chi connectivity index (χ3n) is 3.77. The molecule has 0 fully saturated rings. The summed E-state index contributed by atoms with van der Waals surface area (Å²) in [5.41, 5.74) is 1.73. The molecule has 2 rings (SSSR count). The van der Waals surface area contributed by atoms with Gasteiger partial charge in [0, 0.05) is 19.6 Å². The molecular formula is C14H24N6. The summed E-state index contributed by atoms with van der Waals surface area (Å²) in [6, 6.07) is 0.332. The van der Waals surface area contributed by atoms with Crippen molar-refractivity contribution in [2.75, 3.05) is 23.8 Å². The second-order valence-corrected chi connectivity index (χ2v) is 6.16. The molecule has 6 heteroatoms. The number of imidazole rings is 1. The van der Waals surface area contributed by atoms with Gasteiger partial charge in [0.05, 0.1) is 6.33 Å². The second-order valence-electron chi connectivity index (χ2n) is 6.16. The SMILES string of the molecule is CCNc1nc(N(C)C(C)C(C)(C)C)c2[nH]cnc2n1. The summed E-state index contributed by atoms with van der Waals surface area (Å²) in [5.74, 6) is 1.50. The van der Waals surface area contributed by atoms with Gasteiger partial charge in [-0.05, 0) is 19.3 Å². The number of aromatic nitrogens is 4. The number of fused-ring (bicyclic) bond motifs is 1. The Kier molecular flexibility index (Phi) is 3.83. The molecule has 2 heterocycles. The van der Waals surface area contributed by atoms with Crippen molar-refractivity contribution in [3.05, 3.63) is 6.33 Å². The fraction of sp³-hybridized carbons (Fsp3) is 0.643. The number of rotatable bonds is 4. The van der Waals surface area contributed by atoms with Crippen LogP contribution in [-0.2, 0) is 0 Å². The van der Waals surface area contributed by atoms with Gasteiger partial charge in [0.1, 0.15) is 5.52 Å². The van der Waals surface area contributed by atoms with Crippen molar-refractivity contribution in [2.45, 2.75) is 40.7 Å². The van der Waals surface area contributed by atoms with Crippen LogP contribution in [0.5, 0.6) is 0 Å². The molecule has 0 amide bonds. The molecule has 110 valence electrons. The van der Waals surface area contributed by atoms with Crippen LogP contribution in [0.2, 0.25) is 0 Å². The summed E-state index contributed by atoms with van der Waals surface area (Å²) in [7, 11) is 2.06. The molecule has 0 saturated carbocycles. The van der Waals surface area contributed by atoms with Gasteiger partial charge in [-0.1, -0.05) is 20.8 Å². The van der Waals surface area contributed by atoms with Gasteiger partial charge in [-0.15, -0.1) is 0 Å². The maximum Gasteiger partial charge on any atom is 0.226 e. The molecule has 2 aromatic rings. The largest absolute Gasteiger partial charge is 0.354 e. The topological polar surface area (TPSA) is 69.7 Å². The van der Waals surface area contributed by atoms with Crippen LogP contribution in [-0.4, -0.2) is 39.6 Å². The highest BCUT2D eigenvalue weighted by molar-refractivity contribution is 5.84. The van der Waals surface area contributed by atoms with E-state index in [0.29, 0.717) is 17.6 Å². The molecule has 0 radical (unpaired) electrons. The summed E-state index contributed by atoms with van der Waals surface area (Å²) in [6.07, 6.45) is 1.66. The third-order valence-corrected chi connectivity index (χ3v) is 3.77. The lowest BCUT2D eigenvalue weighted by atomic mass is 9.87. The molecule has 0 spiro atoms. The number of anilines is 2. The smallest absolute Gasteiger partial charge is 0.226 e. The standard InChI is InChI=1S/C14H24N6/c1-7-15-13-18-11-10(16-8-17-11)12(19-13)20(6)9(2)14(3,4)5/h8-9H,7H2,1-6H3,(H2,15,16,17,18,19). The van der Waals surface area contributed by atoms with E-state index in [1.165, 1.54) is 0 Å². The van der Waals surface area contributed by atoms with E-state index >= 15 is 0 Å². The Morgan fingerprint density at radius 1 is 1.35 bits per heavy atom. The molecule has 2 aromatic heterocycles. The van der Waals surface area contributed by atoms with Gasteiger partial charge >= 0.3 is 0 Å². The average Bonchev–Trinajstić information content (AvgIpc) is 2.83. The van der Waals surface area contributed by atoms with Gasteiger partial charge in [-0.25, -0.2) is 4.98 Å². The van der Waals surface area contributed by atoms with Gasteiger partial charge in [-0.3, -0.25) is 0 Å². The Bertz CT molecular complexity index is 583. The summed E-state index contributed by atoms with van der Waals surface area (Å²) in [4.78, 5) is 18.6. The van der Waals surface area contributed by atoms with E-state index in [1.807, 2.05) is 6.92 Å². The first-order valence-corrected chi connectivity index (χ1v) is 7.02. The first kappa shape index (κ1) is 14.6. The highest BCUT2D eigenvalue weighted by Gasteiger charge is 2.26. The molecule has 2 N–H and O–H groups in total. The first-order valence-electron chi connectivity index (χ1n) is 7.02. The number of nitrogens with one attached hydrogen (secondary N) is 2. The van der Waals surface area contributed by atoms with Gasteiger partial charge < -0.3 is 15.2 Å². The van der Waals surface area contributed by atoms with Gasteiger partial charge in [0.2, 0.25) is 5.95 Å². The third kappa shape index (κ3) is 2.69. The van der Waals surface area contributed by atoms with Crippen LogP contribution in [0.15, 0.2) is 6.33 Å². The number of hydrogen-bond acceptors (Lipinski definition) is 5. The molecule has 0 bridgehead atoms. The first-order chi connectivity index (χ1) is 9.34. The van der Waals surface area contributed by atoms with E-state index in [1.54, 1.807) is 6.33 Å². The molecular weight excluding hydrogens is 252 g/mol. The molecule has 20 heavy (non-hydrogen) atoms. The zero-order valence-electron chi connectivity index (χ0n) is 13.2. The lowest BCUT2D eigenvalue weighted by Crippen LogP contribution is -2.40. The van der Waals surface area contributed by atoms with E-state index in [-0.39, 0.29) is 5.41 Å². The molecule has 1 unspecified atom stereocenters. The van der Waals surface area contributed by atoms with E-state index in [9.17, 15) is 0 Å². The predicted molar refractivity (Wildman–Crippen MR) is 83.2 cm³/mol. The zero-order valence-corrected chi connectivity index (χ0v) is 13.2. The van der Waals surface area contributed by atoms with Gasteiger partial charge in [0.25, 0.3) is 0 Å². The van der Waals surface area contributed by atoms with E-state index in [2.05, 4.69) is 64.9 Å². The normalized spacial score (nSPS) is 13.5. The number of hydrogen-bond donors (Lipinski definition) is 2. The molecule has 0 aliphatic heterocycles. The summed E-state index contributed by atoms with van der Waals surface area (Å²) < 4.78 is 0. The van der Waals surface area contributed by atoms with Crippen molar-refractivity contribution in [3.8, 4) is 0 Å². The molecule has 0 aliphatic rings. The molecule has 6 nitrogen and oxygen atoms in total. The van der Waals surface area contributed by atoms with Crippen LogP contribution >= 0.6 is 0 Å². The van der Waals surface area contributed by atoms with E-state index in [0.717, 1.165) is 17.9 Å².